The lowest BCUT2D eigenvalue weighted by atomic mass is 9.94. The summed E-state index contributed by atoms with van der Waals surface area (Å²) in [4.78, 5) is 4.35. The second-order valence-electron chi connectivity index (χ2n) is 6.61. The molecule has 8 heteroatoms. The molecule has 1 N–H and O–H groups in total. The number of sulfonamides is 1. The molecule has 0 bridgehead atoms. The van der Waals surface area contributed by atoms with Gasteiger partial charge in [-0.25, -0.2) is 12.7 Å². The van der Waals surface area contributed by atoms with Crippen LogP contribution < -0.4 is 5.32 Å². The van der Waals surface area contributed by atoms with E-state index in [1.54, 1.807) is 18.2 Å². The molecule has 3 atom stereocenters. The summed E-state index contributed by atoms with van der Waals surface area (Å²) < 4.78 is 31.5. The van der Waals surface area contributed by atoms with E-state index in [1.165, 1.54) is 0 Å². The molecule has 0 spiro atoms. The maximum atomic E-state index is 12.3. The summed E-state index contributed by atoms with van der Waals surface area (Å²) in [7, 11) is -3.17. The molecule has 2 heterocycles. The van der Waals surface area contributed by atoms with Crippen molar-refractivity contribution in [3.63, 3.8) is 0 Å². The van der Waals surface area contributed by atoms with Crippen LogP contribution in [0.3, 0.4) is 0 Å². The Morgan fingerprint density at radius 2 is 2.09 bits per heavy atom. The number of nitrogens with one attached hydrogen (secondary N) is 1. The van der Waals surface area contributed by atoms with Gasteiger partial charge in [0.05, 0.1) is 11.3 Å². The zero-order chi connectivity index (χ0) is 17.2. The fourth-order valence-corrected chi connectivity index (χ4v) is 4.26. The van der Waals surface area contributed by atoms with Crippen molar-refractivity contribution in [1.29, 1.82) is 0 Å². The minimum atomic E-state index is -3.17. The Morgan fingerprint density at radius 3 is 2.61 bits per heavy atom. The van der Waals surface area contributed by atoms with Crippen molar-refractivity contribution in [3.05, 3.63) is 11.7 Å². The number of aryl methyl sites for hydroxylation is 1. The Kier molecular flexibility index (Phi) is 5.80. The minimum absolute atomic E-state index is 0.0384. The predicted molar refractivity (Wildman–Crippen MR) is 88.4 cm³/mol. The van der Waals surface area contributed by atoms with Gasteiger partial charge in [-0.3, -0.25) is 0 Å². The SMILES string of the molecule is CCc1noc([C@H](C)N[C@H]2CCN(S(=O)(=O)C(C)C)C[C@@H]2C)n1. The van der Waals surface area contributed by atoms with Crippen LogP contribution in [0.15, 0.2) is 4.52 Å². The smallest absolute Gasteiger partial charge is 0.243 e. The average molecular weight is 344 g/mol. The van der Waals surface area contributed by atoms with Crippen LogP contribution in [0, 0.1) is 5.92 Å². The molecule has 23 heavy (non-hydrogen) atoms. The van der Waals surface area contributed by atoms with Gasteiger partial charge in [0.2, 0.25) is 15.9 Å². The van der Waals surface area contributed by atoms with Gasteiger partial charge in [-0.1, -0.05) is 19.0 Å². The fourth-order valence-electron chi connectivity index (χ4n) is 2.86. The molecule has 0 radical (unpaired) electrons. The summed E-state index contributed by atoms with van der Waals surface area (Å²) in [5.74, 6) is 1.53. The van der Waals surface area contributed by atoms with Crippen molar-refractivity contribution in [2.75, 3.05) is 13.1 Å². The summed E-state index contributed by atoms with van der Waals surface area (Å²) >= 11 is 0. The van der Waals surface area contributed by atoms with Crippen LogP contribution in [0.25, 0.3) is 0 Å². The monoisotopic (exact) mass is 344 g/mol. The molecule has 1 aromatic heterocycles. The van der Waals surface area contributed by atoms with Gasteiger partial charge in [-0.15, -0.1) is 0 Å². The van der Waals surface area contributed by atoms with E-state index in [9.17, 15) is 8.42 Å². The van der Waals surface area contributed by atoms with Gasteiger partial charge in [0.1, 0.15) is 0 Å². The topological polar surface area (TPSA) is 88.3 Å². The van der Waals surface area contributed by atoms with Crippen LogP contribution in [0.2, 0.25) is 0 Å². The van der Waals surface area contributed by atoms with Gasteiger partial charge >= 0.3 is 0 Å². The van der Waals surface area contributed by atoms with E-state index in [-0.39, 0.29) is 23.3 Å². The first-order valence-corrected chi connectivity index (χ1v) is 9.83. The first-order valence-electron chi connectivity index (χ1n) is 8.33. The molecule has 1 aromatic rings. The van der Waals surface area contributed by atoms with Crippen molar-refractivity contribution < 1.29 is 12.9 Å². The highest BCUT2D eigenvalue weighted by atomic mass is 32.2. The van der Waals surface area contributed by atoms with Crippen molar-refractivity contribution in [2.45, 2.75) is 64.8 Å². The van der Waals surface area contributed by atoms with Crippen molar-refractivity contribution in [1.82, 2.24) is 19.8 Å². The highest BCUT2D eigenvalue weighted by Gasteiger charge is 2.34. The van der Waals surface area contributed by atoms with Gasteiger partial charge in [-0.2, -0.15) is 4.98 Å². The lowest BCUT2D eigenvalue weighted by Crippen LogP contribution is -2.51. The van der Waals surface area contributed by atoms with Crippen LogP contribution in [0.5, 0.6) is 0 Å². The number of aromatic nitrogens is 2. The van der Waals surface area contributed by atoms with Crippen LogP contribution in [-0.4, -0.2) is 47.2 Å². The summed E-state index contributed by atoms with van der Waals surface area (Å²) in [6.45, 7) is 10.6. The quantitative estimate of drug-likeness (QED) is 0.845. The third-order valence-corrected chi connectivity index (χ3v) is 6.70. The van der Waals surface area contributed by atoms with E-state index < -0.39 is 10.0 Å². The molecule has 0 unspecified atom stereocenters. The minimum Gasteiger partial charge on any atom is -0.338 e. The normalized spacial score (nSPS) is 25.0. The largest absolute Gasteiger partial charge is 0.338 e. The molecule has 1 aliphatic heterocycles. The van der Waals surface area contributed by atoms with Gasteiger partial charge in [-0.05, 0) is 33.1 Å². The van der Waals surface area contributed by atoms with Crippen molar-refractivity contribution in [3.8, 4) is 0 Å². The third kappa shape index (κ3) is 4.10. The van der Waals surface area contributed by atoms with Gasteiger partial charge < -0.3 is 9.84 Å². The van der Waals surface area contributed by atoms with E-state index in [4.69, 9.17) is 4.52 Å². The standard InChI is InChI=1S/C15H28N4O3S/c1-6-14-17-15(22-18-14)12(5)16-13-7-8-19(9-11(13)4)23(20,21)10(2)3/h10-13,16H,6-9H2,1-5H3/t11-,12-,13-/m0/s1. The molecule has 7 nitrogen and oxygen atoms in total. The lowest BCUT2D eigenvalue weighted by Gasteiger charge is -2.38. The average Bonchev–Trinajstić information content (AvgIpc) is 2.98. The molecule has 1 aliphatic rings. The van der Waals surface area contributed by atoms with Gasteiger partial charge in [0.25, 0.3) is 0 Å². The number of nitrogens with zero attached hydrogens (tertiary/aromatic N) is 3. The Balaban J connectivity index is 1.96. The molecular formula is C15H28N4O3S. The molecule has 1 fully saturated rings. The van der Waals surface area contributed by atoms with Gasteiger partial charge in [0.15, 0.2) is 5.82 Å². The Labute approximate surface area is 138 Å². The summed E-state index contributed by atoms with van der Waals surface area (Å²) in [6, 6.07) is 0.198. The summed E-state index contributed by atoms with van der Waals surface area (Å²) in [5.41, 5.74) is 0. The van der Waals surface area contributed by atoms with Crippen LogP contribution >= 0.6 is 0 Å². The predicted octanol–water partition coefficient (Wildman–Crippen LogP) is 1.73. The maximum Gasteiger partial charge on any atom is 0.243 e. The molecule has 0 aliphatic carbocycles. The zero-order valence-electron chi connectivity index (χ0n) is 14.6. The van der Waals surface area contributed by atoms with E-state index >= 15 is 0 Å². The summed E-state index contributed by atoms with van der Waals surface area (Å²) in [6.07, 6.45) is 1.53. The second-order valence-corrected chi connectivity index (χ2v) is 9.10. The summed E-state index contributed by atoms with van der Waals surface area (Å²) in [5, 5.41) is 7.05. The molecule has 0 aromatic carbocycles. The molecule has 2 rings (SSSR count). The fraction of sp³-hybridized carbons (Fsp3) is 0.867. The van der Waals surface area contributed by atoms with Crippen LogP contribution in [0.4, 0.5) is 0 Å². The first kappa shape index (κ1) is 18.4. The lowest BCUT2D eigenvalue weighted by molar-refractivity contribution is 0.199. The highest BCUT2D eigenvalue weighted by molar-refractivity contribution is 7.89. The van der Waals surface area contributed by atoms with Crippen LogP contribution in [-0.2, 0) is 16.4 Å². The Bertz CT molecular complexity index is 614. The number of piperidine rings is 1. The number of rotatable bonds is 6. The number of hydrogen-bond acceptors (Lipinski definition) is 6. The maximum absolute atomic E-state index is 12.3. The first-order chi connectivity index (χ1) is 10.8. The van der Waals surface area contributed by atoms with E-state index in [1.807, 2.05) is 13.8 Å². The van der Waals surface area contributed by atoms with Gasteiger partial charge in [0, 0.05) is 25.6 Å². The molecule has 132 valence electrons. The second kappa shape index (κ2) is 7.27. The van der Waals surface area contributed by atoms with Crippen molar-refractivity contribution >= 4 is 10.0 Å². The Morgan fingerprint density at radius 1 is 1.39 bits per heavy atom. The molecule has 1 saturated heterocycles. The van der Waals surface area contributed by atoms with E-state index in [0.717, 1.165) is 12.8 Å². The van der Waals surface area contributed by atoms with Crippen molar-refractivity contribution in [2.24, 2.45) is 5.92 Å². The number of hydrogen-bond donors (Lipinski definition) is 1. The van der Waals surface area contributed by atoms with E-state index in [2.05, 4.69) is 22.4 Å². The Hall–Kier alpha value is -0.990. The zero-order valence-corrected chi connectivity index (χ0v) is 15.4. The third-order valence-electron chi connectivity index (χ3n) is 4.46. The molecule has 0 amide bonds. The molecular weight excluding hydrogens is 316 g/mol. The highest BCUT2D eigenvalue weighted by Crippen LogP contribution is 2.24. The molecule has 0 saturated carbocycles. The van der Waals surface area contributed by atoms with E-state index in [0.29, 0.717) is 24.8 Å². The van der Waals surface area contributed by atoms with Crippen LogP contribution in [0.1, 0.15) is 58.8 Å².